The van der Waals surface area contributed by atoms with Crippen molar-refractivity contribution in [3.63, 3.8) is 0 Å². The summed E-state index contributed by atoms with van der Waals surface area (Å²) in [6.45, 7) is 0. The molecule has 0 atom stereocenters. The zero-order valence-corrected chi connectivity index (χ0v) is 9.47. The summed E-state index contributed by atoms with van der Waals surface area (Å²) in [7, 11) is 0. The minimum Gasteiger partial charge on any atom is -0.299 e. The van der Waals surface area contributed by atoms with Gasteiger partial charge >= 0.3 is 0 Å². The van der Waals surface area contributed by atoms with Crippen LogP contribution in [-0.4, -0.2) is 5.78 Å². The predicted octanol–water partition coefficient (Wildman–Crippen LogP) is 3.24. The zero-order chi connectivity index (χ0) is 11.4. The van der Waals surface area contributed by atoms with Crippen LogP contribution in [0.4, 0.5) is 4.39 Å². The fourth-order valence-corrected chi connectivity index (χ4v) is 2.23. The van der Waals surface area contributed by atoms with E-state index in [1.807, 2.05) is 17.5 Å². The molecule has 0 fully saturated rings. The number of carbonyl (C=O) groups is 1. The first kappa shape index (κ1) is 11.0. The zero-order valence-electron chi connectivity index (χ0n) is 8.65. The van der Waals surface area contributed by atoms with Crippen molar-refractivity contribution in [3.05, 3.63) is 58.0 Å². The van der Waals surface area contributed by atoms with Gasteiger partial charge in [0.15, 0.2) is 0 Å². The second-order valence-electron chi connectivity index (χ2n) is 3.60. The van der Waals surface area contributed by atoms with E-state index in [2.05, 4.69) is 0 Å². The lowest BCUT2D eigenvalue weighted by atomic mass is 10.1. The molecule has 0 radical (unpaired) electrons. The molecule has 0 saturated heterocycles. The van der Waals surface area contributed by atoms with E-state index in [0.29, 0.717) is 12.8 Å². The van der Waals surface area contributed by atoms with Crippen LogP contribution in [0.15, 0.2) is 41.8 Å². The largest absolute Gasteiger partial charge is 0.299 e. The van der Waals surface area contributed by atoms with Gasteiger partial charge in [-0.2, -0.15) is 0 Å². The normalized spacial score (nSPS) is 10.3. The fraction of sp³-hybridized carbons (Fsp3) is 0.154. The minimum atomic E-state index is -0.269. The van der Waals surface area contributed by atoms with Gasteiger partial charge in [0.1, 0.15) is 11.6 Å². The molecular weight excluding hydrogens is 223 g/mol. The first-order valence-corrected chi connectivity index (χ1v) is 5.90. The van der Waals surface area contributed by atoms with Gasteiger partial charge < -0.3 is 0 Å². The van der Waals surface area contributed by atoms with E-state index < -0.39 is 0 Å². The Morgan fingerprint density at radius 2 is 1.88 bits per heavy atom. The number of carbonyl (C=O) groups excluding carboxylic acids is 1. The minimum absolute atomic E-state index is 0.161. The van der Waals surface area contributed by atoms with Crippen LogP contribution in [-0.2, 0) is 17.6 Å². The van der Waals surface area contributed by atoms with Gasteiger partial charge in [-0.25, -0.2) is 4.39 Å². The smallest absolute Gasteiger partial charge is 0.142 e. The summed E-state index contributed by atoms with van der Waals surface area (Å²) in [6.07, 6.45) is 0.840. The number of thiophene rings is 1. The molecule has 0 N–H and O–H groups in total. The maximum absolute atomic E-state index is 12.6. The van der Waals surface area contributed by atoms with Crippen LogP contribution in [0.1, 0.15) is 10.4 Å². The monoisotopic (exact) mass is 234 g/mol. The van der Waals surface area contributed by atoms with Crippen molar-refractivity contribution in [2.75, 3.05) is 0 Å². The predicted molar refractivity (Wildman–Crippen MR) is 63.1 cm³/mol. The number of hydrogen-bond acceptors (Lipinski definition) is 2. The molecule has 2 rings (SSSR count). The molecule has 1 aromatic heterocycles. The van der Waals surface area contributed by atoms with Crippen molar-refractivity contribution in [1.82, 2.24) is 0 Å². The van der Waals surface area contributed by atoms with Crippen molar-refractivity contribution < 1.29 is 9.18 Å². The van der Waals surface area contributed by atoms with Crippen molar-refractivity contribution in [1.29, 1.82) is 0 Å². The number of halogens is 1. The van der Waals surface area contributed by atoms with E-state index >= 15 is 0 Å². The Bertz CT molecular complexity index is 459. The molecule has 0 amide bonds. The Hall–Kier alpha value is -1.48. The Labute approximate surface area is 97.6 Å². The maximum Gasteiger partial charge on any atom is 0.142 e. The lowest BCUT2D eigenvalue weighted by Crippen LogP contribution is -2.05. The molecular formula is C13H11FOS. The third-order valence-electron chi connectivity index (χ3n) is 2.27. The average molecular weight is 234 g/mol. The van der Waals surface area contributed by atoms with Gasteiger partial charge in [0.05, 0.1) is 0 Å². The molecule has 0 aliphatic heterocycles. The van der Waals surface area contributed by atoms with Gasteiger partial charge in [-0.15, -0.1) is 11.3 Å². The molecule has 2 aromatic rings. The number of hydrogen-bond donors (Lipinski definition) is 0. The lowest BCUT2D eigenvalue weighted by molar-refractivity contribution is -0.117. The van der Waals surface area contributed by atoms with Gasteiger partial charge in [0.25, 0.3) is 0 Å². The maximum atomic E-state index is 12.6. The Morgan fingerprint density at radius 1 is 1.12 bits per heavy atom. The van der Waals surface area contributed by atoms with Crippen LogP contribution in [0.25, 0.3) is 0 Å². The Kier molecular flexibility index (Phi) is 3.47. The molecule has 16 heavy (non-hydrogen) atoms. The molecule has 0 bridgehead atoms. The Morgan fingerprint density at radius 3 is 2.50 bits per heavy atom. The second kappa shape index (κ2) is 5.03. The van der Waals surface area contributed by atoms with Gasteiger partial charge in [0.2, 0.25) is 0 Å². The van der Waals surface area contributed by atoms with Gasteiger partial charge in [-0.3, -0.25) is 4.79 Å². The fourth-order valence-electron chi connectivity index (χ4n) is 1.50. The van der Waals surface area contributed by atoms with Gasteiger partial charge in [-0.1, -0.05) is 18.2 Å². The summed E-state index contributed by atoms with van der Waals surface area (Å²) in [4.78, 5) is 12.8. The molecule has 1 heterocycles. The van der Waals surface area contributed by atoms with E-state index in [4.69, 9.17) is 0 Å². The van der Waals surface area contributed by atoms with Crippen LogP contribution >= 0.6 is 11.3 Å². The third kappa shape index (κ3) is 3.00. The molecule has 0 spiro atoms. The molecule has 82 valence electrons. The summed E-state index contributed by atoms with van der Waals surface area (Å²) in [5.41, 5.74) is 0.864. The van der Waals surface area contributed by atoms with E-state index in [1.165, 1.54) is 12.1 Å². The molecule has 0 saturated carbocycles. The van der Waals surface area contributed by atoms with Crippen LogP contribution in [0, 0.1) is 5.82 Å². The van der Waals surface area contributed by atoms with Gasteiger partial charge in [0, 0.05) is 17.7 Å². The first-order valence-electron chi connectivity index (χ1n) is 5.02. The molecule has 3 heteroatoms. The molecule has 0 aliphatic carbocycles. The summed E-state index contributed by atoms with van der Waals surface area (Å²) in [6, 6.07) is 9.96. The summed E-state index contributed by atoms with van der Waals surface area (Å²) >= 11 is 1.58. The molecule has 1 nitrogen and oxygen atoms in total. The standard InChI is InChI=1S/C13H11FOS/c14-11-5-3-10(4-6-11)8-12(15)9-13-2-1-7-16-13/h1-7H,8-9H2. The number of benzene rings is 1. The highest BCUT2D eigenvalue weighted by Crippen LogP contribution is 2.11. The first-order chi connectivity index (χ1) is 7.74. The summed E-state index contributed by atoms with van der Waals surface area (Å²) in [5, 5.41) is 1.96. The number of rotatable bonds is 4. The quantitative estimate of drug-likeness (QED) is 0.793. The van der Waals surface area contributed by atoms with Crippen molar-refractivity contribution >= 4 is 17.1 Å². The SMILES string of the molecule is O=C(Cc1ccc(F)cc1)Cc1cccs1. The molecule has 1 aromatic carbocycles. The second-order valence-corrected chi connectivity index (χ2v) is 4.63. The van der Waals surface area contributed by atoms with E-state index in [9.17, 15) is 9.18 Å². The third-order valence-corrected chi connectivity index (χ3v) is 3.14. The number of ketones is 1. The van der Waals surface area contributed by atoms with Crippen molar-refractivity contribution in [2.45, 2.75) is 12.8 Å². The molecule has 0 aliphatic rings. The van der Waals surface area contributed by atoms with E-state index in [0.717, 1.165) is 10.4 Å². The van der Waals surface area contributed by atoms with Crippen molar-refractivity contribution in [3.8, 4) is 0 Å². The van der Waals surface area contributed by atoms with E-state index in [1.54, 1.807) is 23.5 Å². The van der Waals surface area contributed by atoms with Gasteiger partial charge in [-0.05, 0) is 29.1 Å². The Balaban J connectivity index is 1.95. The van der Waals surface area contributed by atoms with Crippen molar-refractivity contribution in [2.24, 2.45) is 0 Å². The topological polar surface area (TPSA) is 17.1 Å². The summed E-state index contributed by atoms with van der Waals surface area (Å²) < 4.78 is 12.6. The van der Waals surface area contributed by atoms with E-state index in [-0.39, 0.29) is 11.6 Å². The van der Waals surface area contributed by atoms with Crippen LogP contribution in [0.3, 0.4) is 0 Å². The van der Waals surface area contributed by atoms with Crippen LogP contribution < -0.4 is 0 Å². The highest BCUT2D eigenvalue weighted by molar-refractivity contribution is 7.10. The lowest BCUT2D eigenvalue weighted by Gasteiger charge is -1.99. The molecule has 0 unspecified atom stereocenters. The van der Waals surface area contributed by atoms with Crippen LogP contribution in [0.5, 0.6) is 0 Å². The summed E-state index contributed by atoms with van der Waals surface area (Å²) in [5.74, 6) is -0.108. The average Bonchev–Trinajstić information content (AvgIpc) is 2.74. The highest BCUT2D eigenvalue weighted by atomic mass is 32.1. The highest BCUT2D eigenvalue weighted by Gasteiger charge is 2.05. The number of Topliss-reactive ketones (excluding diaryl/α,β-unsaturated/α-hetero) is 1. The van der Waals surface area contributed by atoms with Crippen LogP contribution in [0.2, 0.25) is 0 Å².